The second-order valence-electron chi connectivity index (χ2n) is 8.13. The van der Waals surface area contributed by atoms with Crippen molar-refractivity contribution >= 4 is 5.91 Å². The van der Waals surface area contributed by atoms with Crippen molar-refractivity contribution in [1.29, 1.82) is 5.26 Å². The lowest BCUT2D eigenvalue weighted by Gasteiger charge is -2.18. The van der Waals surface area contributed by atoms with Crippen LogP contribution in [0.4, 0.5) is 0 Å². The molecule has 2 N–H and O–H groups in total. The van der Waals surface area contributed by atoms with E-state index in [1.54, 1.807) is 12.1 Å². The molecule has 25 heavy (non-hydrogen) atoms. The molecule has 0 radical (unpaired) electrons. The Balaban J connectivity index is 0.000000251. The van der Waals surface area contributed by atoms with Gasteiger partial charge in [-0.25, -0.2) is 0 Å². The number of nitrogens with two attached hydrogens (primary N) is 1. The summed E-state index contributed by atoms with van der Waals surface area (Å²) in [5.41, 5.74) is 9.19. The minimum Gasteiger partial charge on any atom is -0.366 e. The van der Waals surface area contributed by atoms with Gasteiger partial charge >= 0.3 is 0 Å². The summed E-state index contributed by atoms with van der Waals surface area (Å²) in [6, 6.07) is 17.3. The van der Waals surface area contributed by atoms with Gasteiger partial charge in [-0.15, -0.1) is 0 Å². The van der Waals surface area contributed by atoms with E-state index < -0.39 is 0 Å². The minimum absolute atomic E-state index is 0.121. The molecule has 132 valence electrons. The maximum absolute atomic E-state index is 10.8. The first-order valence-corrected chi connectivity index (χ1v) is 8.36. The first kappa shape index (κ1) is 20.4. The van der Waals surface area contributed by atoms with Crippen LogP contribution in [0, 0.1) is 11.3 Å². The third-order valence-electron chi connectivity index (χ3n) is 3.92. The number of nitriles is 1. The van der Waals surface area contributed by atoms with E-state index >= 15 is 0 Å². The molecule has 1 amide bonds. The lowest BCUT2D eigenvalue weighted by molar-refractivity contribution is 0.1000. The molecule has 0 heterocycles. The SMILES string of the molecule is CC(C)(C)c1ccc(C#N)cc1.CC(C)(C)c1ccc(C(N)=O)cc1. The summed E-state index contributed by atoms with van der Waals surface area (Å²) in [6.45, 7) is 12.9. The van der Waals surface area contributed by atoms with Crippen LogP contribution in [0.1, 0.15) is 68.6 Å². The highest BCUT2D eigenvalue weighted by molar-refractivity contribution is 5.92. The zero-order chi connectivity index (χ0) is 19.3. The second kappa shape index (κ2) is 7.98. The van der Waals surface area contributed by atoms with Gasteiger partial charge < -0.3 is 5.73 Å². The molecule has 3 nitrogen and oxygen atoms in total. The minimum atomic E-state index is -0.375. The Kier molecular flexibility index (Phi) is 6.53. The van der Waals surface area contributed by atoms with Gasteiger partial charge in [0.1, 0.15) is 0 Å². The van der Waals surface area contributed by atoms with Crippen molar-refractivity contribution in [1.82, 2.24) is 0 Å². The van der Waals surface area contributed by atoms with Crippen molar-refractivity contribution in [3.63, 3.8) is 0 Å². The standard InChI is InChI=1S/C11H15NO.C11H13N/c1-11(2,3)9-6-4-8(5-7-9)10(12)13;1-11(2,3)10-6-4-9(8-12)5-7-10/h4-7H,1-3H3,(H2,12,13);4-7H,1-3H3. The number of rotatable bonds is 1. The fourth-order valence-electron chi connectivity index (χ4n) is 2.18. The van der Waals surface area contributed by atoms with Crippen LogP contribution in [0.25, 0.3) is 0 Å². The monoisotopic (exact) mass is 336 g/mol. The highest BCUT2D eigenvalue weighted by Gasteiger charge is 2.13. The van der Waals surface area contributed by atoms with Crippen LogP contribution in [-0.2, 0) is 10.8 Å². The highest BCUT2D eigenvalue weighted by atomic mass is 16.1. The van der Waals surface area contributed by atoms with Gasteiger partial charge in [0.05, 0.1) is 11.6 Å². The van der Waals surface area contributed by atoms with Gasteiger partial charge in [0.25, 0.3) is 0 Å². The first-order valence-electron chi connectivity index (χ1n) is 8.36. The van der Waals surface area contributed by atoms with E-state index in [9.17, 15) is 4.79 Å². The molecule has 0 fully saturated rings. The molecule has 0 bridgehead atoms. The predicted octanol–water partition coefficient (Wildman–Crippen LogP) is 4.94. The number of nitrogens with zero attached hydrogens (tertiary/aromatic N) is 1. The first-order chi connectivity index (χ1) is 11.4. The topological polar surface area (TPSA) is 66.9 Å². The lowest BCUT2D eigenvalue weighted by atomic mass is 9.87. The summed E-state index contributed by atoms with van der Waals surface area (Å²) in [5, 5.41) is 8.58. The van der Waals surface area contributed by atoms with E-state index in [1.807, 2.05) is 36.4 Å². The van der Waals surface area contributed by atoms with Gasteiger partial charge in [-0.05, 0) is 46.2 Å². The largest absolute Gasteiger partial charge is 0.366 e. The summed E-state index contributed by atoms with van der Waals surface area (Å²) in [4.78, 5) is 10.8. The average molecular weight is 336 g/mol. The van der Waals surface area contributed by atoms with Crippen molar-refractivity contribution in [2.75, 3.05) is 0 Å². The molecule has 0 atom stereocenters. The molecule has 3 heteroatoms. The lowest BCUT2D eigenvalue weighted by Crippen LogP contribution is -2.13. The molecular formula is C22H28N2O. The van der Waals surface area contributed by atoms with Crippen molar-refractivity contribution in [2.24, 2.45) is 5.73 Å². The van der Waals surface area contributed by atoms with Crippen molar-refractivity contribution < 1.29 is 4.79 Å². The Hall–Kier alpha value is -2.60. The summed E-state index contributed by atoms with van der Waals surface area (Å²) in [7, 11) is 0. The smallest absolute Gasteiger partial charge is 0.248 e. The van der Waals surface area contributed by atoms with Crippen LogP contribution in [0.15, 0.2) is 48.5 Å². The Morgan fingerprint density at radius 1 is 0.800 bits per heavy atom. The van der Waals surface area contributed by atoms with E-state index in [-0.39, 0.29) is 16.7 Å². The van der Waals surface area contributed by atoms with Crippen molar-refractivity contribution in [2.45, 2.75) is 52.4 Å². The van der Waals surface area contributed by atoms with Crippen LogP contribution in [0.3, 0.4) is 0 Å². The Bertz CT molecular complexity index is 737. The number of hydrogen-bond acceptors (Lipinski definition) is 2. The molecule has 0 aliphatic heterocycles. The third-order valence-corrected chi connectivity index (χ3v) is 3.92. The van der Waals surface area contributed by atoms with E-state index in [4.69, 9.17) is 11.0 Å². The maximum Gasteiger partial charge on any atom is 0.248 e. The maximum atomic E-state index is 10.8. The number of primary amides is 1. The molecule has 0 aliphatic rings. The molecule has 0 spiro atoms. The van der Waals surface area contributed by atoms with Crippen LogP contribution in [0.2, 0.25) is 0 Å². The number of carbonyl (C=O) groups is 1. The Morgan fingerprint density at radius 3 is 1.44 bits per heavy atom. The molecule has 0 unspecified atom stereocenters. The van der Waals surface area contributed by atoms with Crippen molar-refractivity contribution in [3.8, 4) is 6.07 Å². The van der Waals surface area contributed by atoms with E-state index in [0.717, 1.165) is 5.56 Å². The van der Waals surface area contributed by atoms with Crippen LogP contribution in [0.5, 0.6) is 0 Å². The second-order valence-corrected chi connectivity index (χ2v) is 8.13. The van der Waals surface area contributed by atoms with Gasteiger partial charge in [-0.1, -0.05) is 65.8 Å². The van der Waals surface area contributed by atoms with Crippen LogP contribution in [-0.4, -0.2) is 5.91 Å². The average Bonchev–Trinajstić information content (AvgIpc) is 2.54. The Labute approximate surface area is 151 Å². The number of hydrogen-bond donors (Lipinski definition) is 1. The molecule has 2 aromatic rings. The fraction of sp³-hybridized carbons (Fsp3) is 0.364. The van der Waals surface area contributed by atoms with E-state index in [1.165, 1.54) is 11.1 Å². The van der Waals surface area contributed by atoms with Gasteiger partial charge in [0.15, 0.2) is 0 Å². The van der Waals surface area contributed by atoms with Crippen LogP contribution < -0.4 is 5.73 Å². The summed E-state index contributed by atoms with van der Waals surface area (Å²) in [5.74, 6) is -0.375. The summed E-state index contributed by atoms with van der Waals surface area (Å²) in [6.07, 6.45) is 0. The molecule has 2 rings (SSSR count). The van der Waals surface area contributed by atoms with Gasteiger partial charge in [0.2, 0.25) is 5.91 Å². The number of carbonyl (C=O) groups excluding carboxylic acids is 1. The molecule has 0 saturated carbocycles. The summed E-state index contributed by atoms with van der Waals surface area (Å²) >= 11 is 0. The third kappa shape index (κ3) is 6.43. The molecule has 0 saturated heterocycles. The van der Waals surface area contributed by atoms with Gasteiger partial charge in [-0.3, -0.25) is 4.79 Å². The van der Waals surface area contributed by atoms with Gasteiger partial charge in [0, 0.05) is 5.56 Å². The Morgan fingerprint density at radius 2 is 1.16 bits per heavy atom. The van der Waals surface area contributed by atoms with Crippen molar-refractivity contribution in [3.05, 3.63) is 70.8 Å². The zero-order valence-electron chi connectivity index (χ0n) is 16.1. The molecule has 2 aromatic carbocycles. The molecular weight excluding hydrogens is 308 g/mol. The number of benzene rings is 2. The molecule has 0 aliphatic carbocycles. The predicted molar refractivity (Wildman–Crippen MR) is 104 cm³/mol. The van der Waals surface area contributed by atoms with Gasteiger partial charge in [-0.2, -0.15) is 5.26 Å². The quantitative estimate of drug-likeness (QED) is 0.801. The van der Waals surface area contributed by atoms with E-state index in [0.29, 0.717) is 5.56 Å². The molecule has 0 aromatic heterocycles. The van der Waals surface area contributed by atoms with Crippen LogP contribution >= 0.6 is 0 Å². The highest BCUT2D eigenvalue weighted by Crippen LogP contribution is 2.22. The fourth-order valence-corrected chi connectivity index (χ4v) is 2.18. The van der Waals surface area contributed by atoms with E-state index in [2.05, 4.69) is 47.6 Å². The summed E-state index contributed by atoms with van der Waals surface area (Å²) < 4.78 is 0. The number of amides is 1. The zero-order valence-corrected chi connectivity index (χ0v) is 16.1. The normalized spacial score (nSPS) is 11.1.